The van der Waals surface area contributed by atoms with E-state index in [1.54, 1.807) is 0 Å². The normalized spacial score (nSPS) is 23.0. The van der Waals surface area contributed by atoms with E-state index in [-0.39, 0.29) is 0 Å². The average molecular weight is 412 g/mol. The molecule has 0 nitrogen and oxygen atoms in total. The molecule has 3 aromatic rings. The molecule has 1 unspecified atom stereocenters. The third kappa shape index (κ3) is 4.00. The molecule has 0 N–H and O–H groups in total. The quantitative estimate of drug-likeness (QED) is 0.390. The van der Waals surface area contributed by atoms with Crippen molar-refractivity contribution in [3.63, 3.8) is 0 Å². The lowest BCUT2D eigenvalue weighted by Crippen LogP contribution is -2.33. The molecule has 0 aliphatic carbocycles. The first-order valence-electron chi connectivity index (χ1n) is 10.6. The fourth-order valence-electron chi connectivity index (χ4n) is 4.92. The SMILES string of the molecule is [B][P+]1(c2ccccc2)CCC[C@@H]1C[C@@H](C)[P+]([B])(c1ccccc1)c1ccccc1. The molecule has 4 heteroatoms. The van der Waals surface area contributed by atoms with Gasteiger partial charge in [0.05, 0.1) is 27.2 Å². The predicted octanol–water partition coefficient (Wildman–Crippen LogP) is 5.11. The molecule has 3 aromatic carbocycles. The van der Waals surface area contributed by atoms with Gasteiger partial charge in [-0.25, -0.2) is 0 Å². The highest BCUT2D eigenvalue weighted by atomic mass is 31.2. The first-order chi connectivity index (χ1) is 14.0. The Kier molecular flexibility index (Phi) is 6.34. The highest BCUT2D eigenvalue weighted by Crippen LogP contribution is 2.67. The van der Waals surface area contributed by atoms with Gasteiger partial charge < -0.3 is 0 Å². The van der Waals surface area contributed by atoms with Crippen molar-refractivity contribution in [3.8, 4) is 0 Å². The van der Waals surface area contributed by atoms with Gasteiger partial charge in [0.25, 0.3) is 0 Å². The number of hydrogen-bond donors (Lipinski definition) is 0. The molecule has 142 valence electrons. The molecule has 1 saturated heterocycles. The fraction of sp³-hybridized carbons (Fsp3) is 0.280. The van der Waals surface area contributed by atoms with Crippen LogP contribution in [0.1, 0.15) is 26.2 Å². The zero-order valence-corrected chi connectivity index (χ0v) is 19.0. The lowest BCUT2D eigenvalue weighted by atomic mass is 10.2. The van der Waals surface area contributed by atoms with Gasteiger partial charge in [-0.2, -0.15) is 0 Å². The lowest BCUT2D eigenvalue weighted by molar-refractivity contribution is 0.704. The van der Waals surface area contributed by atoms with Crippen molar-refractivity contribution in [1.82, 2.24) is 0 Å². The molecular formula is C25H28B2P2+2. The zero-order valence-electron chi connectivity index (χ0n) is 17.2. The van der Waals surface area contributed by atoms with Gasteiger partial charge in [0.2, 0.25) is 0 Å². The summed E-state index contributed by atoms with van der Waals surface area (Å²) < 4.78 is 0. The molecule has 29 heavy (non-hydrogen) atoms. The minimum absolute atomic E-state index is 0.391. The van der Waals surface area contributed by atoms with Crippen molar-refractivity contribution < 1.29 is 0 Å². The Bertz CT molecular complexity index is 878. The van der Waals surface area contributed by atoms with E-state index < -0.39 is 14.3 Å². The maximum Gasteiger partial charge on any atom is 0.377 e. The molecule has 1 aliphatic rings. The van der Waals surface area contributed by atoms with E-state index in [1.807, 2.05) is 0 Å². The van der Waals surface area contributed by atoms with E-state index in [0.717, 1.165) is 6.42 Å². The monoisotopic (exact) mass is 412 g/mol. The molecule has 1 fully saturated rings. The molecule has 3 atom stereocenters. The van der Waals surface area contributed by atoms with Crippen LogP contribution in [0.5, 0.6) is 0 Å². The summed E-state index contributed by atoms with van der Waals surface area (Å²) in [6.45, 7) is 2.36. The van der Waals surface area contributed by atoms with E-state index >= 15 is 0 Å². The first-order valence-corrected chi connectivity index (χ1v) is 14.6. The predicted molar refractivity (Wildman–Crippen MR) is 136 cm³/mol. The highest BCUT2D eigenvalue weighted by Gasteiger charge is 2.51. The van der Waals surface area contributed by atoms with Crippen molar-refractivity contribution >= 4 is 45.3 Å². The Hall–Kier alpha value is -1.35. The zero-order chi connectivity index (χ0) is 20.3. The molecule has 4 rings (SSSR count). The molecule has 1 aliphatic heterocycles. The molecule has 4 radical (unpaired) electrons. The van der Waals surface area contributed by atoms with Crippen LogP contribution < -0.4 is 15.9 Å². The lowest BCUT2D eigenvalue weighted by Gasteiger charge is -2.34. The topological polar surface area (TPSA) is 0 Å². The van der Waals surface area contributed by atoms with Gasteiger partial charge in [-0.05, 0) is 63.3 Å². The van der Waals surface area contributed by atoms with Crippen LogP contribution in [0.15, 0.2) is 91.0 Å². The first kappa shape index (κ1) is 20.9. The second-order valence-electron chi connectivity index (χ2n) is 8.32. The largest absolute Gasteiger partial charge is 0.377 e. The fourth-order valence-corrected chi connectivity index (χ4v) is 12.1. The Balaban J connectivity index is 1.68. The standard InChI is InChI=1S/C25H28B2P2/c1-21(20-25-18-11-19-28(25,26)22-12-5-2-6-13-22)29(27,23-14-7-3-8-15-23)24-16-9-4-10-17-24/h2-10,12-17,21,25H,11,18-20H2,1H3/q+2/t21-,25-,28?/m1/s1. The Morgan fingerprint density at radius 2 is 1.34 bits per heavy atom. The minimum atomic E-state index is -2.00. The van der Waals surface area contributed by atoms with Crippen LogP contribution in [0.25, 0.3) is 0 Å². The molecule has 0 aromatic heterocycles. The van der Waals surface area contributed by atoms with Gasteiger partial charge in [0.15, 0.2) is 0 Å². The van der Waals surface area contributed by atoms with Crippen LogP contribution in [0.2, 0.25) is 0 Å². The van der Waals surface area contributed by atoms with Gasteiger partial charge in [-0.15, -0.1) is 0 Å². The highest BCUT2D eigenvalue weighted by molar-refractivity contribution is 8.09. The van der Waals surface area contributed by atoms with E-state index in [1.165, 1.54) is 34.9 Å². The van der Waals surface area contributed by atoms with Crippen molar-refractivity contribution in [2.45, 2.75) is 37.5 Å². The van der Waals surface area contributed by atoms with Gasteiger partial charge >= 0.3 is 15.1 Å². The van der Waals surface area contributed by atoms with Crippen molar-refractivity contribution in [2.75, 3.05) is 6.16 Å². The number of hydrogen-bond acceptors (Lipinski definition) is 0. The summed E-state index contributed by atoms with van der Waals surface area (Å²) >= 11 is 0. The second kappa shape index (κ2) is 8.79. The third-order valence-electron chi connectivity index (χ3n) is 6.63. The van der Waals surface area contributed by atoms with Crippen LogP contribution in [0.4, 0.5) is 0 Å². The van der Waals surface area contributed by atoms with E-state index in [0.29, 0.717) is 11.3 Å². The number of benzene rings is 3. The van der Waals surface area contributed by atoms with Gasteiger partial charge in [-0.3, -0.25) is 0 Å². The van der Waals surface area contributed by atoms with Crippen LogP contribution in [-0.2, 0) is 0 Å². The average Bonchev–Trinajstić information content (AvgIpc) is 3.16. The second-order valence-corrected chi connectivity index (χ2v) is 15.3. The van der Waals surface area contributed by atoms with Crippen molar-refractivity contribution in [1.29, 1.82) is 0 Å². The van der Waals surface area contributed by atoms with E-state index in [2.05, 4.69) is 97.9 Å². The summed E-state index contributed by atoms with van der Waals surface area (Å²) in [4.78, 5) is 0. The molecule has 0 saturated carbocycles. The van der Waals surface area contributed by atoms with Crippen molar-refractivity contribution in [2.24, 2.45) is 0 Å². The Morgan fingerprint density at radius 3 is 1.86 bits per heavy atom. The van der Waals surface area contributed by atoms with Crippen molar-refractivity contribution in [3.05, 3.63) is 91.0 Å². The Morgan fingerprint density at radius 1 is 0.862 bits per heavy atom. The molecular weight excluding hydrogens is 384 g/mol. The van der Waals surface area contributed by atoms with Gasteiger partial charge in [0, 0.05) is 19.7 Å². The molecule has 0 amide bonds. The molecule has 1 heterocycles. The van der Waals surface area contributed by atoms with E-state index in [9.17, 15) is 0 Å². The summed E-state index contributed by atoms with van der Waals surface area (Å²) in [5, 5.41) is 3.96. The summed E-state index contributed by atoms with van der Waals surface area (Å²) in [7, 11) is 10.9. The van der Waals surface area contributed by atoms with E-state index in [4.69, 9.17) is 15.1 Å². The maximum absolute atomic E-state index is 7.37. The summed E-state index contributed by atoms with van der Waals surface area (Å²) in [6, 6.07) is 32.3. The third-order valence-corrected chi connectivity index (χ3v) is 14.6. The summed E-state index contributed by atoms with van der Waals surface area (Å²) in [5.74, 6) is 0. The number of rotatable bonds is 6. The summed E-state index contributed by atoms with van der Waals surface area (Å²) in [5.41, 5.74) is 0.956. The molecule has 0 spiro atoms. The summed E-state index contributed by atoms with van der Waals surface area (Å²) in [6.07, 6.45) is 4.74. The van der Waals surface area contributed by atoms with Crippen LogP contribution in [-0.4, -0.2) is 32.6 Å². The van der Waals surface area contributed by atoms with Crippen LogP contribution in [0, 0.1) is 0 Å². The Labute approximate surface area is 179 Å². The van der Waals surface area contributed by atoms with Gasteiger partial charge in [0.1, 0.15) is 0 Å². The van der Waals surface area contributed by atoms with Gasteiger partial charge in [-0.1, -0.05) is 54.6 Å². The maximum atomic E-state index is 7.37. The minimum Gasteiger partial charge on any atom is -0.0620 e. The van der Waals surface area contributed by atoms with Crippen LogP contribution >= 0.6 is 14.3 Å². The molecule has 0 bridgehead atoms. The van der Waals surface area contributed by atoms with Crippen LogP contribution in [0.3, 0.4) is 0 Å². The smallest absolute Gasteiger partial charge is 0.0620 e.